The van der Waals surface area contributed by atoms with Crippen LogP contribution in [0.25, 0.3) is 22.3 Å². The van der Waals surface area contributed by atoms with Gasteiger partial charge in [0.2, 0.25) is 5.56 Å². The first-order valence-corrected chi connectivity index (χ1v) is 9.03. The van der Waals surface area contributed by atoms with Crippen LogP contribution in [0.1, 0.15) is 26.5 Å². The molecule has 0 aliphatic carbocycles. The molecule has 5 N–H and O–H groups in total. The smallest absolute Gasteiger partial charge is 0.265 e. The number of aryl methyl sites for hydroxylation is 2. The summed E-state index contributed by atoms with van der Waals surface area (Å²) < 4.78 is 1.52. The molecular weight excluding hydrogens is 382 g/mol. The first kappa shape index (κ1) is 17.7. The van der Waals surface area contributed by atoms with Crippen LogP contribution in [0.4, 0.5) is 5.13 Å². The van der Waals surface area contributed by atoms with E-state index in [-0.39, 0.29) is 11.3 Å². The van der Waals surface area contributed by atoms with Gasteiger partial charge in [0.05, 0.1) is 22.3 Å². The highest BCUT2D eigenvalue weighted by molar-refractivity contribution is 7.14. The van der Waals surface area contributed by atoms with Gasteiger partial charge in [-0.05, 0) is 13.0 Å². The van der Waals surface area contributed by atoms with Gasteiger partial charge in [-0.3, -0.25) is 24.4 Å². The summed E-state index contributed by atoms with van der Waals surface area (Å²) >= 11 is 1.22. The molecule has 11 heteroatoms. The number of aromatic amines is 2. The lowest BCUT2D eigenvalue weighted by Crippen LogP contribution is -2.17. The van der Waals surface area contributed by atoms with Crippen LogP contribution < -0.4 is 16.6 Å². The van der Waals surface area contributed by atoms with Gasteiger partial charge in [0, 0.05) is 30.3 Å². The highest BCUT2D eigenvalue weighted by Gasteiger charge is 2.19. The maximum absolute atomic E-state index is 12.8. The Hall–Kier alpha value is -3.73. The molecule has 0 unspecified atom stereocenters. The fraction of sp³-hybridized carbons (Fsp3) is 0.118. The van der Waals surface area contributed by atoms with Gasteiger partial charge in [-0.1, -0.05) is 0 Å². The maximum atomic E-state index is 12.8. The quantitative estimate of drug-likeness (QED) is 0.410. The highest BCUT2D eigenvalue weighted by Crippen LogP contribution is 2.26. The van der Waals surface area contributed by atoms with E-state index in [9.17, 15) is 14.4 Å². The zero-order chi connectivity index (χ0) is 20.0. The minimum atomic E-state index is -0.569. The number of nitrogens with one attached hydrogen (secondary N) is 3. The van der Waals surface area contributed by atoms with Crippen molar-refractivity contribution in [3.63, 3.8) is 0 Å². The second kappa shape index (κ2) is 6.46. The number of hydrogen-bond donors (Lipinski definition) is 4. The van der Waals surface area contributed by atoms with Crippen molar-refractivity contribution < 1.29 is 9.59 Å². The summed E-state index contributed by atoms with van der Waals surface area (Å²) in [5.41, 5.74) is 7.68. The summed E-state index contributed by atoms with van der Waals surface area (Å²) in [6, 6.07) is 2.83. The van der Waals surface area contributed by atoms with E-state index >= 15 is 0 Å². The van der Waals surface area contributed by atoms with E-state index in [1.807, 2.05) is 0 Å². The Kier molecular flexibility index (Phi) is 4.08. The van der Waals surface area contributed by atoms with Crippen LogP contribution in [0, 0.1) is 6.92 Å². The SMILES string of the molecule is Cc1nn(C)c2[nH]c(=O)cc(C(=O)Nc3nc(-c4c[nH]c(C(N)=O)c4)cs3)c12. The molecule has 2 amide bonds. The fourth-order valence-electron chi connectivity index (χ4n) is 2.97. The molecule has 10 nitrogen and oxygen atoms in total. The Morgan fingerprint density at radius 1 is 1.32 bits per heavy atom. The van der Waals surface area contributed by atoms with Crippen molar-refractivity contribution in [3.05, 3.63) is 51.0 Å². The van der Waals surface area contributed by atoms with Gasteiger partial charge in [-0.15, -0.1) is 11.3 Å². The molecule has 4 heterocycles. The third-order valence-corrected chi connectivity index (χ3v) is 4.98. The molecule has 0 saturated carbocycles. The van der Waals surface area contributed by atoms with Gasteiger partial charge >= 0.3 is 0 Å². The van der Waals surface area contributed by atoms with E-state index in [0.717, 1.165) is 0 Å². The number of pyridine rings is 1. The Labute approximate surface area is 161 Å². The molecule has 0 saturated heterocycles. The van der Waals surface area contributed by atoms with Crippen molar-refractivity contribution in [2.24, 2.45) is 12.8 Å². The molecule has 0 aliphatic heterocycles. The monoisotopic (exact) mass is 397 g/mol. The average molecular weight is 397 g/mol. The highest BCUT2D eigenvalue weighted by atomic mass is 32.1. The summed E-state index contributed by atoms with van der Waals surface area (Å²) in [7, 11) is 1.69. The lowest BCUT2D eigenvalue weighted by Gasteiger charge is -2.04. The van der Waals surface area contributed by atoms with Gasteiger partial charge in [-0.2, -0.15) is 5.10 Å². The molecule has 0 radical (unpaired) electrons. The van der Waals surface area contributed by atoms with Gasteiger partial charge < -0.3 is 15.7 Å². The van der Waals surface area contributed by atoms with Crippen LogP contribution in [-0.4, -0.2) is 36.5 Å². The molecule has 0 aliphatic rings. The van der Waals surface area contributed by atoms with Crippen LogP contribution in [-0.2, 0) is 7.05 Å². The van der Waals surface area contributed by atoms with Gasteiger partial charge in [0.25, 0.3) is 11.8 Å². The van der Waals surface area contributed by atoms with E-state index in [1.54, 1.807) is 31.6 Å². The number of carbonyl (C=O) groups excluding carboxylic acids is 2. The normalized spacial score (nSPS) is 11.1. The van der Waals surface area contributed by atoms with Gasteiger partial charge in [0.1, 0.15) is 11.3 Å². The standard InChI is InChI=1S/C17H15N7O3S/c1-7-13-9(4-12(25)21-15(13)24(2)23-7)16(27)22-17-20-11(6-28-17)8-3-10(14(18)26)19-5-8/h3-6,19H,1-2H3,(H2,18,26)(H,21,25)(H,20,22,27). The largest absolute Gasteiger partial charge is 0.364 e. The number of anilines is 1. The molecule has 0 aromatic carbocycles. The molecule has 0 atom stereocenters. The number of aromatic nitrogens is 5. The number of hydrogen-bond acceptors (Lipinski definition) is 6. The van der Waals surface area contributed by atoms with E-state index in [4.69, 9.17) is 5.73 Å². The minimum absolute atomic E-state index is 0.221. The molecule has 0 spiro atoms. The number of H-pyrrole nitrogens is 2. The van der Waals surface area contributed by atoms with Crippen LogP contribution in [0.15, 0.2) is 28.5 Å². The number of nitrogens with zero attached hydrogens (tertiary/aromatic N) is 3. The molecule has 28 heavy (non-hydrogen) atoms. The molecule has 4 rings (SSSR count). The Bertz CT molecular complexity index is 1290. The lowest BCUT2D eigenvalue weighted by atomic mass is 10.1. The number of fused-ring (bicyclic) bond motifs is 1. The Morgan fingerprint density at radius 3 is 2.82 bits per heavy atom. The second-order valence-corrected chi connectivity index (χ2v) is 7.00. The summed E-state index contributed by atoms with van der Waals surface area (Å²) in [6.07, 6.45) is 1.61. The average Bonchev–Trinajstić information content (AvgIpc) is 3.34. The number of nitrogens with two attached hydrogens (primary N) is 1. The molecular formula is C17H15N7O3S. The molecule has 0 fully saturated rings. The third-order valence-electron chi connectivity index (χ3n) is 4.22. The van der Waals surface area contributed by atoms with Crippen molar-refractivity contribution >= 4 is 39.3 Å². The topological polar surface area (TPSA) is 152 Å². The van der Waals surface area contributed by atoms with Crippen molar-refractivity contribution in [3.8, 4) is 11.3 Å². The van der Waals surface area contributed by atoms with E-state index in [2.05, 4.69) is 25.4 Å². The molecule has 142 valence electrons. The van der Waals surface area contributed by atoms with Crippen LogP contribution in [0.3, 0.4) is 0 Å². The summed E-state index contributed by atoms with van der Waals surface area (Å²) in [6.45, 7) is 1.77. The maximum Gasteiger partial charge on any atom is 0.265 e. The number of carbonyl (C=O) groups is 2. The summed E-state index contributed by atoms with van der Waals surface area (Å²) in [5.74, 6) is -1.03. The van der Waals surface area contributed by atoms with Crippen molar-refractivity contribution in [1.82, 2.24) is 24.7 Å². The number of rotatable bonds is 4. The fourth-order valence-corrected chi connectivity index (χ4v) is 3.69. The predicted octanol–water partition coefficient (Wildman–Crippen LogP) is 1.37. The van der Waals surface area contributed by atoms with Crippen LogP contribution in [0.5, 0.6) is 0 Å². The van der Waals surface area contributed by atoms with Crippen LogP contribution >= 0.6 is 11.3 Å². The lowest BCUT2D eigenvalue weighted by molar-refractivity contribution is 0.0994. The van der Waals surface area contributed by atoms with E-state index in [1.165, 1.54) is 22.1 Å². The minimum Gasteiger partial charge on any atom is -0.364 e. The summed E-state index contributed by atoms with van der Waals surface area (Å²) in [4.78, 5) is 45.7. The van der Waals surface area contributed by atoms with Crippen molar-refractivity contribution in [1.29, 1.82) is 0 Å². The van der Waals surface area contributed by atoms with Crippen molar-refractivity contribution in [2.45, 2.75) is 6.92 Å². The summed E-state index contributed by atoms with van der Waals surface area (Å²) in [5, 5.41) is 9.64. The second-order valence-electron chi connectivity index (χ2n) is 6.14. The third kappa shape index (κ3) is 2.97. The van der Waals surface area contributed by atoms with Gasteiger partial charge in [-0.25, -0.2) is 4.98 Å². The Morgan fingerprint density at radius 2 is 2.11 bits per heavy atom. The number of thiazole rings is 1. The zero-order valence-corrected chi connectivity index (χ0v) is 15.7. The predicted molar refractivity (Wildman–Crippen MR) is 104 cm³/mol. The first-order chi connectivity index (χ1) is 13.3. The van der Waals surface area contributed by atoms with E-state index < -0.39 is 17.4 Å². The van der Waals surface area contributed by atoms with Crippen LogP contribution in [0.2, 0.25) is 0 Å². The molecule has 4 aromatic rings. The molecule has 0 bridgehead atoms. The van der Waals surface area contributed by atoms with Crippen molar-refractivity contribution in [2.75, 3.05) is 5.32 Å². The van der Waals surface area contributed by atoms with Gasteiger partial charge in [0.15, 0.2) is 5.13 Å². The first-order valence-electron chi connectivity index (χ1n) is 8.15. The Balaban J connectivity index is 1.65. The number of primary amides is 1. The zero-order valence-electron chi connectivity index (χ0n) is 14.9. The van der Waals surface area contributed by atoms with E-state index in [0.29, 0.717) is 33.1 Å². The number of amides is 2. The molecule has 4 aromatic heterocycles.